The average molecular weight is 577 g/mol. The maximum Gasteiger partial charge on any atom is 0.137 e. The third-order valence-corrected chi connectivity index (χ3v) is 9.06. The zero-order valence-corrected chi connectivity index (χ0v) is 24.1. The van der Waals surface area contributed by atoms with Crippen LogP contribution in [0.5, 0.6) is 0 Å². The second kappa shape index (κ2) is 9.18. The molecule has 0 spiro atoms. The van der Waals surface area contributed by atoms with Crippen LogP contribution in [-0.2, 0) is 0 Å². The predicted octanol–water partition coefficient (Wildman–Crippen LogP) is 11.3. The molecule has 4 heterocycles. The molecule has 4 aromatic heterocycles. The van der Waals surface area contributed by atoms with E-state index < -0.39 is 0 Å². The summed E-state index contributed by atoms with van der Waals surface area (Å²) in [5.41, 5.74) is 11.2. The minimum absolute atomic E-state index is 0.871. The Hall–Kier alpha value is -6.13. The molecule has 0 saturated carbocycles. The third kappa shape index (κ3) is 3.63. The first kappa shape index (κ1) is 24.3. The van der Waals surface area contributed by atoms with Gasteiger partial charge in [0.05, 0.1) is 22.9 Å². The van der Waals surface area contributed by atoms with Crippen molar-refractivity contribution in [2.24, 2.45) is 0 Å². The van der Waals surface area contributed by atoms with Crippen LogP contribution in [0, 0.1) is 0 Å². The summed E-state index contributed by atoms with van der Waals surface area (Å²) in [6, 6.07) is 46.8. The standard InChI is InChI=1S/C41H24N2O2/c1-2-8-25(9-3-1)28-18-29(24-42-23-28)43-36-17-15-26(27-14-16-32-30-10-4-6-12-38(30)44-40(32)20-27)19-33(36)34-21-35-31-11-5-7-13-39(31)45-41(35)22-37(34)43/h1-24H. The highest BCUT2D eigenvalue weighted by Crippen LogP contribution is 2.40. The smallest absolute Gasteiger partial charge is 0.137 e. The lowest BCUT2D eigenvalue weighted by atomic mass is 10.0. The molecule has 4 heteroatoms. The molecule has 45 heavy (non-hydrogen) atoms. The van der Waals surface area contributed by atoms with Crippen LogP contribution in [0.2, 0.25) is 0 Å². The van der Waals surface area contributed by atoms with Crippen LogP contribution >= 0.6 is 0 Å². The molecule has 0 N–H and O–H groups in total. The van der Waals surface area contributed by atoms with Gasteiger partial charge in [-0.1, -0.05) is 78.9 Å². The van der Waals surface area contributed by atoms with E-state index in [9.17, 15) is 0 Å². The van der Waals surface area contributed by atoms with E-state index in [1.54, 1.807) is 0 Å². The van der Waals surface area contributed by atoms with E-state index in [1.165, 1.54) is 10.8 Å². The summed E-state index contributed by atoms with van der Waals surface area (Å²) < 4.78 is 14.9. The molecule has 0 aliphatic carbocycles. The van der Waals surface area contributed by atoms with Crippen LogP contribution in [0.3, 0.4) is 0 Å². The first-order chi connectivity index (χ1) is 22.3. The van der Waals surface area contributed by atoms with Gasteiger partial charge in [0.15, 0.2) is 0 Å². The Morgan fingerprint density at radius 2 is 1.02 bits per heavy atom. The lowest BCUT2D eigenvalue weighted by molar-refractivity contribution is 0.669. The summed E-state index contributed by atoms with van der Waals surface area (Å²) in [5, 5.41) is 6.84. The zero-order chi connectivity index (χ0) is 29.5. The number of aromatic nitrogens is 2. The molecule has 6 aromatic carbocycles. The molecule has 0 atom stereocenters. The first-order valence-corrected chi connectivity index (χ1v) is 15.1. The minimum atomic E-state index is 0.871. The van der Waals surface area contributed by atoms with Gasteiger partial charge in [-0.25, -0.2) is 0 Å². The van der Waals surface area contributed by atoms with Crippen LogP contribution < -0.4 is 0 Å². The summed E-state index contributed by atoms with van der Waals surface area (Å²) in [7, 11) is 0. The van der Waals surface area contributed by atoms with Crippen molar-refractivity contribution in [2.75, 3.05) is 0 Å². The molecular formula is C41H24N2O2. The summed E-state index contributed by atoms with van der Waals surface area (Å²) in [5.74, 6) is 0. The van der Waals surface area contributed by atoms with E-state index in [0.29, 0.717) is 0 Å². The average Bonchev–Trinajstić information content (AvgIpc) is 3.76. The van der Waals surface area contributed by atoms with Gasteiger partial charge in [-0.3, -0.25) is 4.98 Å². The summed E-state index contributed by atoms with van der Waals surface area (Å²) in [6.07, 6.45) is 3.87. The topological polar surface area (TPSA) is 44.1 Å². The summed E-state index contributed by atoms with van der Waals surface area (Å²) in [4.78, 5) is 4.69. The van der Waals surface area contributed by atoms with E-state index in [0.717, 1.165) is 82.9 Å². The largest absolute Gasteiger partial charge is 0.456 e. The molecule has 0 aliphatic heterocycles. The Bertz CT molecular complexity index is 2760. The van der Waals surface area contributed by atoms with Crippen molar-refractivity contribution in [1.82, 2.24) is 9.55 Å². The van der Waals surface area contributed by atoms with Crippen LogP contribution in [-0.4, -0.2) is 9.55 Å². The van der Waals surface area contributed by atoms with Crippen LogP contribution in [0.15, 0.2) is 155 Å². The number of nitrogens with zero attached hydrogens (tertiary/aromatic N) is 2. The number of hydrogen-bond donors (Lipinski definition) is 0. The molecular weight excluding hydrogens is 552 g/mol. The number of rotatable bonds is 3. The molecule has 10 rings (SSSR count). The Morgan fingerprint density at radius 3 is 1.84 bits per heavy atom. The summed E-state index contributed by atoms with van der Waals surface area (Å²) >= 11 is 0. The maximum atomic E-state index is 6.36. The SMILES string of the molecule is c1ccc(-c2cncc(-n3c4ccc(-c5ccc6c(c5)oc5ccccc56)cc4c4cc5c(cc43)oc3ccccc35)c2)cc1. The van der Waals surface area contributed by atoms with Crippen molar-refractivity contribution in [3.8, 4) is 27.9 Å². The van der Waals surface area contributed by atoms with Gasteiger partial charge in [0, 0.05) is 50.1 Å². The summed E-state index contributed by atoms with van der Waals surface area (Å²) in [6.45, 7) is 0. The lowest BCUT2D eigenvalue weighted by Crippen LogP contribution is -1.95. The van der Waals surface area contributed by atoms with Gasteiger partial charge in [0.1, 0.15) is 22.3 Å². The van der Waals surface area contributed by atoms with Crippen molar-refractivity contribution >= 4 is 65.7 Å². The molecule has 0 bridgehead atoms. The van der Waals surface area contributed by atoms with Crippen LogP contribution in [0.25, 0.3) is 93.6 Å². The van der Waals surface area contributed by atoms with Crippen molar-refractivity contribution in [1.29, 1.82) is 0 Å². The Labute approximate surface area is 257 Å². The Balaban J connectivity index is 1.24. The Morgan fingerprint density at radius 1 is 0.378 bits per heavy atom. The van der Waals surface area contributed by atoms with Gasteiger partial charge in [-0.05, 0) is 65.2 Å². The number of furan rings is 2. The van der Waals surface area contributed by atoms with E-state index in [1.807, 2.05) is 42.7 Å². The predicted molar refractivity (Wildman–Crippen MR) is 184 cm³/mol. The van der Waals surface area contributed by atoms with Crippen molar-refractivity contribution < 1.29 is 8.83 Å². The quantitative estimate of drug-likeness (QED) is 0.210. The number of fused-ring (bicyclic) bond motifs is 9. The Kier molecular flexibility index (Phi) is 4.96. The van der Waals surface area contributed by atoms with Gasteiger partial charge in [-0.2, -0.15) is 0 Å². The number of benzene rings is 6. The molecule has 10 aromatic rings. The lowest BCUT2D eigenvalue weighted by Gasteiger charge is -2.10. The van der Waals surface area contributed by atoms with E-state index in [2.05, 4.69) is 113 Å². The third-order valence-electron chi connectivity index (χ3n) is 9.06. The molecule has 0 radical (unpaired) electrons. The number of pyridine rings is 1. The van der Waals surface area contributed by atoms with Gasteiger partial charge < -0.3 is 13.4 Å². The fraction of sp³-hybridized carbons (Fsp3) is 0. The molecule has 0 aliphatic rings. The minimum Gasteiger partial charge on any atom is -0.456 e. The van der Waals surface area contributed by atoms with Crippen LogP contribution in [0.1, 0.15) is 0 Å². The number of para-hydroxylation sites is 2. The van der Waals surface area contributed by atoms with Gasteiger partial charge in [-0.15, -0.1) is 0 Å². The molecule has 210 valence electrons. The van der Waals surface area contributed by atoms with Crippen molar-refractivity contribution in [2.45, 2.75) is 0 Å². The normalized spacial score (nSPS) is 12.0. The van der Waals surface area contributed by atoms with E-state index >= 15 is 0 Å². The number of hydrogen-bond acceptors (Lipinski definition) is 3. The van der Waals surface area contributed by atoms with Crippen LogP contribution in [0.4, 0.5) is 0 Å². The van der Waals surface area contributed by atoms with Gasteiger partial charge >= 0.3 is 0 Å². The fourth-order valence-electron chi connectivity index (χ4n) is 6.94. The first-order valence-electron chi connectivity index (χ1n) is 15.1. The molecule has 4 nitrogen and oxygen atoms in total. The monoisotopic (exact) mass is 576 g/mol. The highest BCUT2D eigenvalue weighted by molar-refractivity contribution is 6.18. The van der Waals surface area contributed by atoms with Crippen molar-refractivity contribution in [3.63, 3.8) is 0 Å². The van der Waals surface area contributed by atoms with E-state index in [4.69, 9.17) is 8.83 Å². The maximum absolute atomic E-state index is 6.36. The molecule has 0 saturated heterocycles. The van der Waals surface area contributed by atoms with Crippen molar-refractivity contribution in [3.05, 3.63) is 146 Å². The molecule has 0 amide bonds. The van der Waals surface area contributed by atoms with E-state index in [-0.39, 0.29) is 0 Å². The highest BCUT2D eigenvalue weighted by atomic mass is 16.3. The second-order valence-electron chi connectivity index (χ2n) is 11.6. The van der Waals surface area contributed by atoms with Gasteiger partial charge in [0.25, 0.3) is 0 Å². The van der Waals surface area contributed by atoms with Gasteiger partial charge in [0.2, 0.25) is 0 Å². The molecule has 0 unspecified atom stereocenters. The zero-order valence-electron chi connectivity index (χ0n) is 24.1. The fourth-order valence-corrected chi connectivity index (χ4v) is 6.94. The second-order valence-corrected chi connectivity index (χ2v) is 11.6. The molecule has 0 fully saturated rings. The highest BCUT2D eigenvalue weighted by Gasteiger charge is 2.18.